The van der Waals surface area contributed by atoms with Gasteiger partial charge < -0.3 is 8.85 Å². The van der Waals surface area contributed by atoms with Crippen LogP contribution in [0.1, 0.15) is 6.92 Å². The van der Waals surface area contributed by atoms with E-state index in [0.29, 0.717) is 6.61 Å². The van der Waals surface area contributed by atoms with Crippen molar-refractivity contribution in [1.29, 1.82) is 0 Å². The van der Waals surface area contributed by atoms with Gasteiger partial charge in [-0.15, -0.1) is 0 Å². The molecule has 0 N–H and O–H groups in total. The molecule has 0 rings (SSSR count). The minimum absolute atomic E-state index is 0.450. The van der Waals surface area contributed by atoms with Gasteiger partial charge in [0.15, 0.2) is 0 Å². The molecule has 0 saturated heterocycles. The highest BCUT2D eigenvalue weighted by molar-refractivity contribution is 6.25. The monoisotopic (exact) mass is 120 g/mol. The van der Waals surface area contributed by atoms with Gasteiger partial charge in [-0.05, 0) is 6.92 Å². The van der Waals surface area contributed by atoms with Crippen LogP contribution in [0.3, 0.4) is 0 Å². The van der Waals surface area contributed by atoms with Crippen molar-refractivity contribution in [1.82, 2.24) is 0 Å². The van der Waals surface area contributed by atoms with Crippen molar-refractivity contribution in [3.8, 4) is 0 Å². The van der Waals surface area contributed by atoms with Gasteiger partial charge in [-0.3, -0.25) is 4.46 Å². The molecule has 0 spiro atoms. The minimum Gasteiger partial charge on any atom is -0.499 e. The fourth-order valence-corrected chi connectivity index (χ4v) is 0.530. The Hall–Kier alpha value is -0.383. The van der Waals surface area contributed by atoms with Crippen molar-refractivity contribution in [2.75, 3.05) is 13.7 Å². The van der Waals surface area contributed by atoms with Gasteiger partial charge in [0.05, 0.1) is 13.7 Å². The Morgan fingerprint density at radius 1 is 1.71 bits per heavy atom. The van der Waals surface area contributed by atoms with Crippen LogP contribution in [-0.4, -0.2) is 22.9 Å². The molecule has 0 aliphatic carbocycles. The predicted molar refractivity (Wildman–Crippen MR) is 25.1 cm³/mol. The molecule has 0 atom stereocenters. The standard InChI is InChI=1S/C3H8O3Si/c1-3-6-7(4)5-2/h3H2,1-2H3. The zero-order chi connectivity index (χ0) is 5.70. The lowest BCUT2D eigenvalue weighted by atomic mass is 10.9. The fraction of sp³-hybridized carbons (Fsp3) is 1.00. The second-order valence-corrected chi connectivity index (χ2v) is 2.08. The molecule has 0 aromatic rings. The molecule has 42 valence electrons. The normalized spacial score (nSPS) is 7.71. The van der Waals surface area contributed by atoms with Crippen LogP contribution in [-0.2, 0) is 13.3 Å². The van der Waals surface area contributed by atoms with E-state index in [9.17, 15) is 4.46 Å². The summed E-state index contributed by atoms with van der Waals surface area (Å²) < 4.78 is 19.0. The molecule has 0 radical (unpaired) electrons. The van der Waals surface area contributed by atoms with Crippen LogP contribution < -0.4 is 0 Å². The second kappa shape index (κ2) is 3.79. The predicted octanol–water partition coefficient (Wildman–Crippen LogP) is 0.0847. The smallest absolute Gasteiger partial charge is 0.499 e. The summed E-state index contributed by atoms with van der Waals surface area (Å²) in [5.41, 5.74) is 0. The van der Waals surface area contributed by atoms with Crippen LogP contribution in [0.2, 0.25) is 0 Å². The van der Waals surface area contributed by atoms with E-state index in [1.807, 2.05) is 0 Å². The first-order valence-electron chi connectivity index (χ1n) is 2.02. The Morgan fingerprint density at radius 3 is 2.43 bits per heavy atom. The highest BCUT2D eigenvalue weighted by atomic mass is 28.3. The summed E-state index contributed by atoms with van der Waals surface area (Å²) in [5, 5.41) is 0. The summed E-state index contributed by atoms with van der Waals surface area (Å²) >= 11 is 0. The summed E-state index contributed by atoms with van der Waals surface area (Å²) in [4.78, 5) is 0. The third-order valence-electron chi connectivity index (χ3n) is 0.429. The van der Waals surface area contributed by atoms with Gasteiger partial charge in [0.2, 0.25) is 0 Å². The Balaban J connectivity index is 3.00. The molecular formula is C3H8O3Si. The van der Waals surface area contributed by atoms with Crippen LogP contribution in [0.25, 0.3) is 0 Å². The Morgan fingerprint density at radius 2 is 2.29 bits per heavy atom. The van der Waals surface area contributed by atoms with E-state index >= 15 is 0 Å². The van der Waals surface area contributed by atoms with Gasteiger partial charge in [-0.25, -0.2) is 0 Å². The topological polar surface area (TPSA) is 35.5 Å². The molecule has 0 aliphatic rings. The summed E-state index contributed by atoms with van der Waals surface area (Å²) in [6, 6.07) is 0. The van der Waals surface area contributed by atoms with Gasteiger partial charge >= 0.3 is 9.17 Å². The maximum absolute atomic E-state index is 10.2. The molecular weight excluding hydrogens is 112 g/mol. The van der Waals surface area contributed by atoms with E-state index in [2.05, 4.69) is 8.85 Å². The summed E-state index contributed by atoms with van der Waals surface area (Å²) in [5.74, 6) is 0. The minimum atomic E-state index is -2.13. The lowest BCUT2D eigenvalue weighted by molar-refractivity contribution is 0.206. The maximum Gasteiger partial charge on any atom is 0.767 e. The lowest BCUT2D eigenvalue weighted by Crippen LogP contribution is -2.08. The molecule has 0 amide bonds. The first-order valence-corrected chi connectivity index (χ1v) is 3.24. The van der Waals surface area contributed by atoms with Gasteiger partial charge in [-0.1, -0.05) is 0 Å². The molecule has 4 heteroatoms. The van der Waals surface area contributed by atoms with Crippen molar-refractivity contribution >= 4 is 9.17 Å². The highest BCUT2D eigenvalue weighted by Crippen LogP contribution is 1.71. The summed E-state index contributed by atoms with van der Waals surface area (Å²) in [6.45, 7) is 2.22. The van der Waals surface area contributed by atoms with Crippen LogP contribution in [0.15, 0.2) is 0 Å². The van der Waals surface area contributed by atoms with Crippen molar-refractivity contribution in [2.45, 2.75) is 6.92 Å². The zero-order valence-electron chi connectivity index (χ0n) is 4.43. The second-order valence-electron chi connectivity index (χ2n) is 0.887. The molecule has 0 saturated carbocycles. The first kappa shape index (κ1) is 6.62. The van der Waals surface area contributed by atoms with Gasteiger partial charge in [0.25, 0.3) is 0 Å². The third-order valence-corrected chi connectivity index (χ3v) is 1.29. The zero-order valence-corrected chi connectivity index (χ0v) is 5.43. The SMILES string of the molecule is CCO[Si](=O)OC. The molecule has 0 aliphatic heterocycles. The van der Waals surface area contributed by atoms with Crippen LogP contribution in [0.4, 0.5) is 0 Å². The average Bonchev–Trinajstić information content (AvgIpc) is 1.68. The molecule has 0 aromatic carbocycles. The molecule has 0 bridgehead atoms. The van der Waals surface area contributed by atoms with Crippen LogP contribution >= 0.6 is 0 Å². The number of hydrogen-bond donors (Lipinski definition) is 0. The van der Waals surface area contributed by atoms with E-state index in [1.165, 1.54) is 7.11 Å². The van der Waals surface area contributed by atoms with E-state index in [1.54, 1.807) is 6.92 Å². The van der Waals surface area contributed by atoms with Crippen molar-refractivity contribution in [3.05, 3.63) is 0 Å². The van der Waals surface area contributed by atoms with Gasteiger partial charge in [-0.2, -0.15) is 0 Å². The Bertz CT molecular complexity index is 63.2. The van der Waals surface area contributed by atoms with E-state index in [0.717, 1.165) is 0 Å². The number of hydrogen-bond acceptors (Lipinski definition) is 3. The van der Waals surface area contributed by atoms with Gasteiger partial charge in [0.1, 0.15) is 0 Å². The maximum atomic E-state index is 10.2. The third kappa shape index (κ3) is 3.45. The van der Waals surface area contributed by atoms with E-state index in [4.69, 9.17) is 0 Å². The van der Waals surface area contributed by atoms with Crippen molar-refractivity contribution in [3.63, 3.8) is 0 Å². The molecule has 0 unspecified atom stereocenters. The fourth-order valence-electron chi connectivity index (χ4n) is 0.177. The lowest BCUT2D eigenvalue weighted by Gasteiger charge is -1.93. The Kier molecular flexibility index (Phi) is 3.59. The molecule has 0 fully saturated rings. The molecule has 0 aromatic heterocycles. The average molecular weight is 120 g/mol. The van der Waals surface area contributed by atoms with Crippen molar-refractivity contribution < 1.29 is 13.3 Å². The van der Waals surface area contributed by atoms with Gasteiger partial charge in [0, 0.05) is 0 Å². The summed E-state index contributed by atoms with van der Waals surface area (Å²) in [6.07, 6.45) is 0. The quantitative estimate of drug-likeness (QED) is 0.495. The van der Waals surface area contributed by atoms with Crippen LogP contribution in [0.5, 0.6) is 0 Å². The largest absolute Gasteiger partial charge is 0.767 e. The summed E-state index contributed by atoms with van der Waals surface area (Å²) in [7, 11) is -0.772. The van der Waals surface area contributed by atoms with Crippen LogP contribution in [0, 0.1) is 0 Å². The molecule has 0 heterocycles. The van der Waals surface area contributed by atoms with E-state index < -0.39 is 9.17 Å². The highest BCUT2D eigenvalue weighted by Gasteiger charge is 2.03. The first-order chi connectivity index (χ1) is 3.31. The number of rotatable bonds is 3. The Labute approximate surface area is 44.1 Å². The molecule has 3 nitrogen and oxygen atoms in total. The van der Waals surface area contributed by atoms with Crippen molar-refractivity contribution in [2.24, 2.45) is 0 Å². The molecule has 7 heavy (non-hydrogen) atoms. The van der Waals surface area contributed by atoms with E-state index in [-0.39, 0.29) is 0 Å².